The van der Waals surface area contributed by atoms with Gasteiger partial charge in [-0.05, 0) is 42.7 Å². The highest BCUT2D eigenvalue weighted by Crippen LogP contribution is 2.32. The molecule has 2 aromatic carbocycles. The number of halogens is 3. The number of hydrogen-bond donors (Lipinski definition) is 1. The number of benzene rings is 2. The molecule has 0 aliphatic carbocycles. The van der Waals surface area contributed by atoms with Crippen molar-refractivity contribution in [3.05, 3.63) is 59.2 Å². The molecule has 2 rings (SSSR count). The molecule has 2 aromatic rings. The van der Waals surface area contributed by atoms with Crippen LogP contribution in [0.4, 0.5) is 13.2 Å². The monoisotopic (exact) mass is 353 g/mol. The van der Waals surface area contributed by atoms with Gasteiger partial charge in [0, 0.05) is 12.6 Å². The largest absolute Gasteiger partial charge is 0.493 e. The average molecular weight is 353 g/mol. The lowest BCUT2D eigenvalue weighted by Gasteiger charge is -2.18. The molecule has 1 atom stereocenters. The van der Waals surface area contributed by atoms with Gasteiger partial charge in [-0.25, -0.2) is 0 Å². The summed E-state index contributed by atoms with van der Waals surface area (Å²) in [5.74, 6) is 1.28. The molecule has 0 heterocycles. The van der Waals surface area contributed by atoms with E-state index in [4.69, 9.17) is 9.47 Å². The summed E-state index contributed by atoms with van der Waals surface area (Å²) in [6, 6.07) is 11.2. The van der Waals surface area contributed by atoms with Crippen LogP contribution in [0.1, 0.15) is 23.6 Å². The molecule has 0 radical (unpaired) electrons. The Labute approximate surface area is 145 Å². The maximum Gasteiger partial charge on any atom is 0.416 e. The first-order valence-corrected chi connectivity index (χ1v) is 7.94. The summed E-state index contributed by atoms with van der Waals surface area (Å²) in [7, 11) is 3.14. The minimum Gasteiger partial charge on any atom is -0.493 e. The molecule has 6 heteroatoms. The van der Waals surface area contributed by atoms with E-state index < -0.39 is 11.7 Å². The van der Waals surface area contributed by atoms with Crippen molar-refractivity contribution in [1.82, 2.24) is 5.32 Å². The third-order valence-corrected chi connectivity index (χ3v) is 3.95. The molecule has 0 aliphatic heterocycles. The molecule has 3 nitrogen and oxygen atoms in total. The van der Waals surface area contributed by atoms with Crippen molar-refractivity contribution in [2.75, 3.05) is 14.2 Å². The number of methoxy groups -OCH3 is 2. The predicted molar refractivity (Wildman–Crippen MR) is 91.0 cm³/mol. The van der Waals surface area contributed by atoms with Gasteiger partial charge in [0.05, 0.1) is 19.8 Å². The fourth-order valence-electron chi connectivity index (χ4n) is 2.67. The quantitative estimate of drug-likeness (QED) is 0.798. The van der Waals surface area contributed by atoms with Crippen LogP contribution >= 0.6 is 0 Å². The number of rotatable bonds is 7. The van der Waals surface area contributed by atoms with E-state index in [2.05, 4.69) is 5.32 Å². The van der Waals surface area contributed by atoms with Crippen LogP contribution in [0.2, 0.25) is 0 Å². The van der Waals surface area contributed by atoms with Gasteiger partial charge in [0.1, 0.15) is 0 Å². The van der Waals surface area contributed by atoms with Crippen LogP contribution in [0, 0.1) is 0 Å². The lowest BCUT2D eigenvalue weighted by atomic mass is 10.0. The maximum atomic E-state index is 13.0. The highest BCUT2D eigenvalue weighted by atomic mass is 19.4. The highest BCUT2D eigenvalue weighted by Gasteiger charge is 2.32. The van der Waals surface area contributed by atoms with Gasteiger partial charge in [-0.1, -0.05) is 24.3 Å². The van der Waals surface area contributed by atoms with Gasteiger partial charge in [0.25, 0.3) is 0 Å². The smallest absolute Gasteiger partial charge is 0.416 e. The lowest BCUT2D eigenvalue weighted by Crippen LogP contribution is -2.28. The second kappa shape index (κ2) is 8.25. The number of alkyl halides is 3. The molecule has 136 valence electrons. The van der Waals surface area contributed by atoms with Gasteiger partial charge in [0.15, 0.2) is 11.5 Å². The zero-order valence-corrected chi connectivity index (χ0v) is 14.5. The summed E-state index contributed by atoms with van der Waals surface area (Å²) in [4.78, 5) is 0. The fourth-order valence-corrected chi connectivity index (χ4v) is 2.67. The molecule has 0 bridgehead atoms. The fraction of sp³-hybridized carbons (Fsp3) is 0.368. The molecule has 25 heavy (non-hydrogen) atoms. The van der Waals surface area contributed by atoms with E-state index >= 15 is 0 Å². The first-order valence-electron chi connectivity index (χ1n) is 7.94. The zero-order chi connectivity index (χ0) is 18.4. The molecule has 0 aliphatic rings. The second-order valence-electron chi connectivity index (χ2n) is 5.83. The third kappa shape index (κ3) is 5.13. The van der Waals surface area contributed by atoms with Gasteiger partial charge in [0.2, 0.25) is 0 Å². The first kappa shape index (κ1) is 19.1. The van der Waals surface area contributed by atoms with Crippen LogP contribution in [0.15, 0.2) is 42.5 Å². The highest BCUT2D eigenvalue weighted by molar-refractivity contribution is 5.43. The van der Waals surface area contributed by atoms with Crippen LogP contribution in [-0.4, -0.2) is 20.3 Å². The Morgan fingerprint density at radius 2 is 1.68 bits per heavy atom. The third-order valence-electron chi connectivity index (χ3n) is 3.95. The Morgan fingerprint density at radius 3 is 2.32 bits per heavy atom. The summed E-state index contributed by atoms with van der Waals surface area (Å²) < 4.78 is 49.5. The van der Waals surface area contributed by atoms with E-state index in [1.54, 1.807) is 20.3 Å². The number of nitrogens with one attached hydrogen (secondary N) is 1. The van der Waals surface area contributed by atoms with Crippen molar-refractivity contribution in [2.24, 2.45) is 0 Å². The minimum absolute atomic E-state index is 0.000564. The van der Waals surface area contributed by atoms with Crippen molar-refractivity contribution < 1.29 is 22.6 Å². The van der Waals surface area contributed by atoms with Crippen molar-refractivity contribution in [2.45, 2.75) is 32.1 Å². The summed E-state index contributed by atoms with van der Waals surface area (Å²) in [6.45, 7) is 2.09. The van der Waals surface area contributed by atoms with E-state index in [1.807, 2.05) is 25.1 Å². The van der Waals surface area contributed by atoms with Crippen LogP contribution in [0.25, 0.3) is 0 Å². The molecule has 1 N–H and O–H groups in total. The van der Waals surface area contributed by atoms with Gasteiger partial charge in [-0.15, -0.1) is 0 Å². The summed E-state index contributed by atoms with van der Waals surface area (Å²) in [5.41, 5.74) is 0.664. The lowest BCUT2D eigenvalue weighted by molar-refractivity contribution is -0.138. The molecular formula is C19H22F3NO2. The van der Waals surface area contributed by atoms with E-state index in [0.29, 0.717) is 17.9 Å². The normalized spacial score (nSPS) is 12.7. The maximum absolute atomic E-state index is 13.0. The van der Waals surface area contributed by atoms with Crippen LogP contribution in [-0.2, 0) is 19.1 Å². The Kier molecular flexibility index (Phi) is 6.31. The second-order valence-corrected chi connectivity index (χ2v) is 5.83. The average Bonchev–Trinajstić information content (AvgIpc) is 2.59. The molecule has 0 fully saturated rings. The molecular weight excluding hydrogens is 331 g/mol. The van der Waals surface area contributed by atoms with Gasteiger partial charge >= 0.3 is 6.18 Å². The van der Waals surface area contributed by atoms with E-state index in [-0.39, 0.29) is 18.2 Å². The summed E-state index contributed by atoms with van der Waals surface area (Å²) in [5, 5.41) is 3.15. The van der Waals surface area contributed by atoms with E-state index in [9.17, 15) is 13.2 Å². The van der Waals surface area contributed by atoms with Crippen molar-refractivity contribution in [3.8, 4) is 11.5 Å². The Balaban J connectivity index is 2.01. The Bertz CT molecular complexity index is 701. The van der Waals surface area contributed by atoms with Crippen molar-refractivity contribution >= 4 is 0 Å². The van der Waals surface area contributed by atoms with Crippen LogP contribution in [0.3, 0.4) is 0 Å². The molecule has 0 saturated heterocycles. The first-order chi connectivity index (χ1) is 11.8. The van der Waals surface area contributed by atoms with Crippen LogP contribution < -0.4 is 14.8 Å². The summed E-state index contributed by atoms with van der Waals surface area (Å²) in [6.07, 6.45) is -3.68. The molecule has 0 aromatic heterocycles. The van der Waals surface area contributed by atoms with Gasteiger partial charge in [-0.3, -0.25) is 0 Å². The van der Waals surface area contributed by atoms with Crippen LogP contribution in [0.5, 0.6) is 11.5 Å². The minimum atomic E-state index is -4.34. The predicted octanol–water partition coefficient (Wildman–Crippen LogP) is 4.44. The Hall–Kier alpha value is -2.21. The molecule has 0 unspecified atom stereocenters. The topological polar surface area (TPSA) is 30.5 Å². The van der Waals surface area contributed by atoms with Gasteiger partial charge < -0.3 is 14.8 Å². The van der Waals surface area contributed by atoms with Gasteiger partial charge in [-0.2, -0.15) is 13.2 Å². The van der Waals surface area contributed by atoms with E-state index in [1.165, 1.54) is 12.1 Å². The standard InChI is InChI=1S/C19H22F3NO2/c1-13(10-14-8-9-17(24-2)18(11-14)25-3)23-12-15-6-4-5-7-16(15)19(20,21)22/h4-9,11,13,23H,10,12H2,1-3H3/t13-/m1/s1. The zero-order valence-electron chi connectivity index (χ0n) is 14.5. The molecule has 0 amide bonds. The van der Waals surface area contributed by atoms with E-state index in [0.717, 1.165) is 11.6 Å². The van der Waals surface area contributed by atoms with Crippen molar-refractivity contribution in [3.63, 3.8) is 0 Å². The number of hydrogen-bond acceptors (Lipinski definition) is 3. The number of ether oxygens (including phenoxy) is 2. The van der Waals surface area contributed by atoms with Crippen molar-refractivity contribution in [1.29, 1.82) is 0 Å². The molecule has 0 spiro atoms. The molecule has 0 saturated carbocycles. The SMILES string of the molecule is COc1ccc(C[C@@H](C)NCc2ccccc2C(F)(F)F)cc1OC. The summed E-state index contributed by atoms with van der Waals surface area (Å²) >= 11 is 0. The Morgan fingerprint density at radius 1 is 1.00 bits per heavy atom.